The molecular weight excluding hydrogens is 450 g/mol. The van der Waals surface area contributed by atoms with Crippen molar-refractivity contribution >= 4 is 43.4 Å². The Bertz CT molecular complexity index is 1280. The first-order chi connectivity index (χ1) is 15.0. The third-order valence-electron chi connectivity index (χ3n) is 4.95. The van der Waals surface area contributed by atoms with Crippen molar-refractivity contribution in [2.45, 2.75) is 39.0 Å². The number of amides is 2. The molecule has 0 saturated carbocycles. The van der Waals surface area contributed by atoms with Crippen LogP contribution in [-0.2, 0) is 21.2 Å². The van der Waals surface area contributed by atoms with E-state index in [4.69, 9.17) is 0 Å². The Morgan fingerprint density at radius 1 is 1.06 bits per heavy atom. The van der Waals surface area contributed by atoms with Gasteiger partial charge < -0.3 is 0 Å². The number of rotatable bonds is 6. The number of nitrogens with zero attached hydrogens (tertiary/aromatic N) is 3. The first-order valence-electron chi connectivity index (χ1n) is 9.93. The second kappa shape index (κ2) is 9.31. The van der Waals surface area contributed by atoms with Gasteiger partial charge in [0.1, 0.15) is 10.7 Å². The lowest BCUT2D eigenvalue weighted by Crippen LogP contribution is -2.46. The van der Waals surface area contributed by atoms with Gasteiger partial charge in [0.2, 0.25) is 10.0 Å². The minimum absolute atomic E-state index is 0.0891. The minimum atomic E-state index is -3.83. The van der Waals surface area contributed by atoms with Gasteiger partial charge in [0.15, 0.2) is 0 Å². The monoisotopic (exact) mass is 475 g/mol. The quantitative estimate of drug-likeness (QED) is 0.528. The molecule has 32 heavy (non-hydrogen) atoms. The second-order valence-corrected chi connectivity index (χ2v) is 10.4. The van der Waals surface area contributed by atoms with Crippen LogP contribution in [0.5, 0.6) is 0 Å². The van der Waals surface area contributed by atoms with Crippen LogP contribution in [0.15, 0.2) is 29.2 Å². The summed E-state index contributed by atoms with van der Waals surface area (Å²) in [6.45, 7) is 7.04. The molecular formula is C21H25N5O4S2. The van der Waals surface area contributed by atoms with Crippen LogP contribution in [0.3, 0.4) is 0 Å². The average Bonchev–Trinajstić information content (AvgIpc) is 3.09. The maximum absolute atomic E-state index is 12.6. The van der Waals surface area contributed by atoms with Gasteiger partial charge in [-0.2, -0.15) is 4.31 Å². The van der Waals surface area contributed by atoms with Crippen molar-refractivity contribution in [3.63, 3.8) is 0 Å². The largest absolute Gasteiger partial charge is 0.280 e. The molecule has 2 N–H and O–H groups in total. The molecule has 0 saturated heterocycles. The van der Waals surface area contributed by atoms with E-state index >= 15 is 0 Å². The van der Waals surface area contributed by atoms with E-state index in [2.05, 4.69) is 20.8 Å². The Labute approximate surface area is 190 Å². The fraction of sp³-hybridized carbons (Fsp3) is 0.333. The maximum Gasteiger partial charge on any atom is 0.280 e. The molecule has 170 valence electrons. The molecule has 0 aliphatic rings. The maximum atomic E-state index is 12.6. The number of aryl methyl sites for hydroxylation is 4. The standard InChI is InChI=1S/C21H25N5O4S2/c1-6-16-22-14(4)18-13(3)19(31-21(18)23-16)20(28)25-24-17(27)11-26(5)32(29,30)15-9-7-12(2)8-10-15/h7-10H,6,11H2,1-5H3,(H,24,27)(H,25,28). The zero-order valence-electron chi connectivity index (χ0n) is 18.5. The van der Waals surface area contributed by atoms with Crippen molar-refractivity contribution in [1.82, 2.24) is 25.1 Å². The van der Waals surface area contributed by atoms with Gasteiger partial charge in [-0.3, -0.25) is 20.4 Å². The summed E-state index contributed by atoms with van der Waals surface area (Å²) in [6, 6.07) is 6.34. The first kappa shape index (κ1) is 23.8. The van der Waals surface area contributed by atoms with E-state index in [0.717, 1.165) is 26.5 Å². The Kier molecular flexibility index (Phi) is 6.91. The molecule has 0 spiro atoms. The SMILES string of the molecule is CCc1nc(C)c2c(C)c(C(=O)NNC(=O)CN(C)S(=O)(=O)c3ccc(C)cc3)sc2n1. The van der Waals surface area contributed by atoms with Gasteiger partial charge in [-0.1, -0.05) is 24.6 Å². The molecule has 0 aliphatic heterocycles. The lowest BCUT2D eigenvalue weighted by Gasteiger charge is -2.17. The molecule has 2 amide bonds. The summed E-state index contributed by atoms with van der Waals surface area (Å²) in [5, 5.41) is 0.826. The third kappa shape index (κ3) is 4.79. The molecule has 2 heterocycles. The Morgan fingerprint density at radius 2 is 1.72 bits per heavy atom. The number of hydrogen-bond donors (Lipinski definition) is 2. The fourth-order valence-corrected chi connectivity index (χ4v) is 5.44. The molecule has 0 unspecified atom stereocenters. The highest BCUT2D eigenvalue weighted by atomic mass is 32.2. The van der Waals surface area contributed by atoms with E-state index in [-0.39, 0.29) is 4.90 Å². The summed E-state index contributed by atoms with van der Waals surface area (Å²) in [7, 11) is -2.53. The zero-order chi connectivity index (χ0) is 23.6. The van der Waals surface area contributed by atoms with E-state index in [0.29, 0.717) is 22.0 Å². The van der Waals surface area contributed by atoms with Crippen LogP contribution < -0.4 is 10.9 Å². The summed E-state index contributed by atoms with van der Waals surface area (Å²) < 4.78 is 26.2. The van der Waals surface area contributed by atoms with Crippen LogP contribution in [-0.4, -0.2) is 48.1 Å². The zero-order valence-corrected chi connectivity index (χ0v) is 20.1. The Morgan fingerprint density at radius 3 is 2.34 bits per heavy atom. The summed E-state index contributed by atoms with van der Waals surface area (Å²) in [5.41, 5.74) is 7.09. The van der Waals surface area contributed by atoms with Gasteiger partial charge in [-0.15, -0.1) is 11.3 Å². The van der Waals surface area contributed by atoms with Gasteiger partial charge in [0.25, 0.3) is 11.8 Å². The molecule has 0 atom stereocenters. The molecule has 11 heteroatoms. The molecule has 0 aliphatic carbocycles. The number of thiophene rings is 1. The predicted molar refractivity (Wildman–Crippen MR) is 123 cm³/mol. The van der Waals surface area contributed by atoms with Crippen LogP contribution in [0.1, 0.15) is 39.2 Å². The molecule has 0 radical (unpaired) electrons. The number of benzene rings is 1. The topological polar surface area (TPSA) is 121 Å². The molecule has 1 aromatic carbocycles. The van der Waals surface area contributed by atoms with Gasteiger partial charge in [0, 0.05) is 24.5 Å². The highest BCUT2D eigenvalue weighted by Crippen LogP contribution is 2.31. The summed E-state index contributed by atoms with van der Waals surface area (Å²) in [4.78, 5) is 35.0. The number of hydrazine groups is 1. The van der Waals surface area contributed by atoms with E-state index in [1.54, 1.807) is 19.1 Å². The molecule has 9 nitrogen and oxygen atoms in total. The average molecular weight is 476 g/mol. The first-order valence-corrected chi connectivity index (χ1v) is 12.2. The molecule has 2 aromatic heterocycles. The van der Waals surface area contributed by atoms with Crippen molar-refractivity contribution in [2.24, 2.45) is 0 Å². The smallest absolute Gasteiger partial charge is 0.272 e. The van der Waals surface area contributed by atoms with Crippen molar-refractivity contribution in [3.05, 3.63) is 51.8 Å². The summed E-state index contributed by atoms with van der Waals surface area (Å²) >= 11 is 1.22. The van der Waals surface area contributed by atoms with Crippen molar-refractivity contribution < 1.29 is 18.0 Å². The predicted octanol–water partition coefficient (Wildman–Crippen LogP) is 2.26. The second-order valence-electron chi connectivity index (χ2n) is 7.39. The molecule has 3 rings (SSSR count). The fourth-order valence-electron chi connectivity index (χ4n) is 3.17. The number of hydrogen-bond acceptors (Lipinski definition) is 7. The van der Waals surface area contributed by atoms with Crippen LogP contribution in [0, 0.1) is 20.8 Å². The van der Waals surface area contributed by atoms with E-state index in [1.165, 1.54) is 30.5 Å². The normalized spacial score (nSPS) is 11.7. The molecule has 0 bridgehead atoms. The van der Waals surface area contributed by atoms with E-state index < -0.39 is 28.4 Å². The highest BCUT2D eigenvalue weighted by Gasteiger charge is 2.24. The summed E-state index contributed by atoms with van der Waals surface area (Å²) in [6.07, 6.45) is 0.685. The van der Waals surface area contributed by atoms with E-state index in [1.807, 2.05) is 20.8 Å². The number of sulfonamides is 1. The van der Waals surface area contributed by atoms with Gasteiger partial charge in [0.05, 0.1) is 16.3 Å². The lowest BCUT2D eigenvalue weighted by atomic mass is 10.1. The number of aromatic nitrogens is 2. The van der Waals surface area contributed by atoms with Crippen LogP contribution in [0.2, 0.25) is 0 Å². The van der Waals surface area contributed by atoms with Crippen molar-refractivity contribution in [3.8, 4) is 0 Å². The Hall–Kier alpha value is -2.89. The minimum Gasteiger partial charge on any atom is -0.272 e. The number of nitrogens with one attached hydrogen (secondary N) is 2. The number of likely N-dealkylation sites (N-methyl/N-ethyl adjacent to an activating group) is 1. The van der Waals surface area contributed by atoms with Crippen molar-refractivity contribution in [1.29, 1.82) is 0 Å². The number of carbonyl (C=O) groups is 2. The van der Waals surface area contributed by atoms with Crippen LogP contribution in [0.25, 0.3) is 10.2 Å². The van der Waals surface area contributed by atoms with Crippen LogP contribution in [0.4, 0.5) is 0 Å². The van der Waals surface area contributed by atoms with E-state index in [9.17, 15) is 18.0 Å². The van der Waals surface area contributed by atoms with Crippen LogP contribution >= 0.6 is 11.3 Å². The van der Waals surface area contributed by atoms with Gasteiger partial charge in [-0.05, 0) is 38.5 Å². The molecule has 0 fully saturated rings. The lowest BCUT2D eigenvalue weighted by molar-refractivity contribution is -0.121. The number of fused-ring (bicyclic) bond motifs is 1. The van der Waals surface area contributed by atoms with Gasteiger partial charge in [-0.25, -0.2) is 18.4 Å². The van der Waals surface area contributed by atoms with Crippen molar-refractivity contribution in [2.75, 3.05) is 13.6 Å². The van der Waals surface area contributed by atoms with Gasteiger partial charge >= 0.3 is 0 Å². The summed E-state index contributed by atoms with van der Waals surface area (Å²) in [5.74, 6) is -0.464. The molecule has 3 aromatic rings. The third-order valence-corrected chi connectivity index (χ3v) is 7.95. The number of carbonyl (C=O) groups excluding carboxylic acids is 2. The highest BCUT2D eigenvalue weighted by molar-refractivity contribution is 7.89. The Balaban J connectivity index is 1.67.